The zero-order valence-corrected chi connectivity index (χ0v) is 20.8. The van der Waals surface area contributed by atoms with Gasteiger partial charge in [0.2, 0.25) is 11.8 Å². The van der Waals surface area contributed by atoms with Gasteiger partial charge in [-0.2, -0.15) is 0 Å². The van der Waals surface area contributed by atoms with Gasteiger partial charge in [-0.3, -0.25) is 14.4 Å². The number of carbonyl (C=O) groups is 3. The molecule has 1 aliphatic heterocycles. The number of hydrogen-bond acceptors (Lipinski definition) is 4. The van der Waals surface area contributed by atoms with Gasteiger partial charge in [-0.15, -0.1) is 0 Å². The number of halogens is 1. The quantitative estimate of drug-likeness (QED) is 0.478. The molecule has 0 saturated carbocycles. The molecule has 3 aromatic rings. The molecule has 1 unspecified atom stereocenters. The molecule has 190 valence electrons. The second-order valence-electron chi connectivity index (χ2n) is 9.21. The normalized spacial score (nSPS) is 15.6. The van der Waals surface area contributed by atoms with Crippen LogP contribution in [0.25, 0.3) is 22.2 Å². The van der Waals surface area contributed by atoms with Crippen molar-refractivity contribution >= 4 is 28.7 Å². The summed E-state index contributed by atoms with van der Waals surface area (Å²) >= 11 is 0. The smallest absolute Gasteiger partial charge is 0.310 e. The molecule has 1 aliphatic rings. The van der Waals surface area contributed by atoms with E-state index in [2.05, 4.69) is 4.98 Å². The molecule has 1 N–H and O–H groups in total. The fourth-order valence-electron chi connectivity index (χ4n) is 4.79. The number of aromatic amines is 1. The van der Waals surface area contributed by atoms with Gasteiger partial charge in [-0.1, -0.05) is 18.2 Å². The number of nitrogens with one attached hydrogen (secondary N) is 1. The molecular weight excluding hydrogens is 461 g/mol. The predicted molar refractivity (Wildman–Crippen MR) is 136 cm³/mol. The topological polar surface area (TPSA) is 82.7 Å². The number of aryl methyl sites for hydroxylation is 1. The Morgan fingerprint density at radius 2 is 1.89 bits per heavy atom. The molecule has 0 spiro atoms. The highest BCUT2D eigenvalue weighted by Crippen LogP contribution is 2.31. The molecule has 36 heavy (non-hydrogen) atoms. The number of fused-ring (bicyclic) bond motifs is 1. The summed E-state index contributed by atoms with van der Waals surface area (Å²) in [6.07, 6.45) is 2.14. The van der Waals surface area contributed by atoms with E-state index in [1.54, 1.807) is 31.0 Å². The van der Waals surface area contributed by atoms with Gasteiger partial charge in [0.1, 0.15) is 5.82 Å². The second kappa shape index (κ2) is 11.4. The predicted octanol–water partition coefficient (Wildman–Crippen LogP) is 4.17. The molecule has 0 radical (unpaired) electrons. The Balaban J connectivity index is 1.40. The molecule has 1 atom stereocenters. The first-order valence-electron chi connectivity index (χ1n) is 12.4. The Bertz CT molecular complexity index is 1240. The summed E-state index contributed by atoms with van der Waals surface area (Å²) in [7, 11) is 1.63. The fraction of sp³-hybridized carbons (Fsp3) is 0.393. The second-order valence-corrected chi connectivity index (χ2v) is 9.21. The monoisotopic (exact) mass is 493 g/mol. The van der Waals surface area contributed by atoms with Crippen molar-refractivity contribution in [1.29, 1.82) is 0 Å². The number of hydrogen-bond donors (Lipinski definition) is 1. The van der Waals surface area contributed by atoms with Crippen LogP contribution in [-0.2, 0) is 25.5 Å². The highest BCUT2D eigenvalue weighted by Gasteiger charge is 2.30. The van der Waals surface area contributed by atoms with E-state index in [1.807, 2.05) is 24.3 Å². The third-order valence-electron chi connectivity index (χ3n) is 6.73. The number of nitrogens with zero attached hydrogens (tertiary/aromatic N) is 2. The summed E-state index contributed by atoms with van der Waals surface area (Å²) in [5, 5.41) is 1.02. The lowest BCUT2D eigenvalue weighted by atomic mass is 9.98. The van der Waals surface area contributed by atoms with Crippen LogP contribution in [0, 0.1) is 11.7 Å². The van der Waals surface area contributed by atoms with Crippen molar-refractivity contribution in [2.45, 2.75) is 32.6 Å². The van der Waals surface area contributed by atoms with Crippen LogP contribution in [0.5, 0.6) is 0 Å². The van der Waals surface area contributed by atoms with Crippen LogP contribution in [0.15, 0.2) is 48.5 Å². The van der Waals surface area contributed by atoms with Crippen molar-refractivity contribution in [3.8, 4) is 11.3 Å². The summed E-state index contributed by atoms with van der Waals surface area (Å²) in [6, 6.07) is 14.1. The number of para-hydroxylation sites is 1. The Labute approximate surface area is 210 Å². The zero-order chi connectivity index (χ0) is 25.7. The summed E-state index contributed by atoms with van der Waals surface area (Å²) in [5.41, 5.74) is 3.64. The lowest BCUT2D eigenvalue weighted by molar-refractivity contribution is -0.152. The number of likely N-dealkylation sites (tertiary alicyclic amines) is 1. The fourth-order valence-corrected chi connectivity index (χ4v) is 4.79. The van der Waals surface area contributed by atoms with Crippen molar-refractivity contribution in [1.82, 2.24) is 14.8 Å². The molecule has 8 heteroatoms. The minimum atomic E-state index is -0.310. The molecule has 0 aliphatic carbocycles. The van der Waals surface area contributed by atoms with E-state index in [4.69, 9.17) is 4.74 Å². The molecule has 4 rings (SSSR count). The minimum absolute atomic E-state index is 0.0346. The number of aromatic nitrogens is 1. The van der Waals surface area contributed by atoms with Crippen molar-refractivity contribution < 1.29 is 23.5 Å². The molecule has 0 bridgehead atoms. The standard InChI is InChI=1S/C28H32FN3O4/c1-3-36-28(35)20-7-6-16-32(17-20)26(34)18-31(2)25(33)15-14-23-22-8-4-5-9-24(22)30-27(23)19-10-12-21(29)13-11-19/h4-5,8-13,20,30H,3,6-7,14-18H2,1-2H3. The van der Waals surface area contributed by atoms with E-state index >= 15 is 0 Å². The van der Waals surface area contributed by atoms with Crippen LogP contribution in [0.2, 0.25) is 0 Å². The lowest BCUT2D eigenvalue weighted by Crippen LogP contribution is -2.47. The molecule has 2 heterocycles. The number of ether oxygens (including phenoxy) is 1. The number of carbonyl (C=O) groups excluding carboxylic acids is 3. The molecule has 1 fully saturated rings. The van der Waals surface area contributed by atoms with Gasteiger partial charge in [0.15, 0.2) is 0 Å². The van der Waals surface area contributed by atoms with Crippen LogP contribution < -0.4 is 0 Å². The maximum absolute atomic E-state index is 13.5. The summed E-state index contributed by atoms with van der Waals surface area (Å²) in [5.74, 6) is -1.19. The van der Waals surface area contributed by atoms with E-state index < -0.39 is 0 Å². The van der Waals surface area contributed by atoms with Crippen LogP contribution >= 0.6 is 0 Å². The minimum Gasteiger partial charge on any atom is -0.466 e. The first-order chi connectivity index (χ1) is 17.4. The largest absolute Gasteiger partial charge is 0.466 e. The van der Waals surface area contributed by atoms with Crippen molar-refractivity contribution in [3.63, 3.8) is 0 Å². The molecule has 2 amide bonds. The number of piperidine rings is 1. The Morgan fingerprint density at radius 3 is 2.64 bits per heavy atom. The summed E-state index contributed by atoms with van der Waals surface area (Å²) in [4.78, 5) is 44.4. The summed E-state index contributed by atoms with van der Waals surface area (Å²) < 4.78 is 18.6. The SMILES string of the molecule is CCOC(=O)C1CCCN(C(=O)CN(C)C(=O)CCc2c(-c3ccc(F)cc3)[nH]c3ccccc23)C1. The van der Waals surface area contributed by atoms with Gasteiger partial charge in [0, 0.05) is 43.2 Å². The molecule has 7 nitrogen and oxygen atoms in total. The third-order valence-corrected chi connectivity index (χ3v) is 6.73. The highest BCUT2D eigenvalue weighted by molar-refractivity contribution is 5.92. The van der Waals surface area contributed by atoms with E-state index in [9.17, 15) is 18.8 Å². The molecule has 2 aromatic carbocycles. The van der Waals surface area contributed by atoms with E-state index in [-0.39, 0.29) is 42.5 Å². The molecule has 1 saturated heterocycles. The van der Waals surface area contributed by atoms with Crippen molar-refractivity contribution in [2.75, 3.05) is 33.3 Å². The van der Waals surface area contributed by atoms with Gasteiger partial charge < -0.3 is 19.5 Å². The Morgan fingerprint density at radius 1 is 1.14 bits per heavy atom. The zero-order valence-electron chi connectivity index (χ0n) is 20.8. The molecular formula is C28H32FN3O4. The number of benzene rings is 2. The number of esters is 1. The molecule has 1 aromatic heterocycles. The van der Waals surface area contributed by atoms with Crippen LogP contribution in [0.1, 0.15) is 31.7 Å². The Hall–Kier alpha value is -3.68. The van der Waals surface area contributed by atoms with Crippen LogP contribution in [0.3, 0.4) is 0 Å². The first kappa shape index (κ1) is 25.4. The van der Waals surface area contributed by atoms with Gasteiger partial charge in [0.05, 0.1) is 19.1 Å². The van der Waals surface area contributed by atoms with Gasteiger partial charge in [-0.25, -0.2) is 4.39 Å². The maximum atomic E-state index is 13.5. The number of likely N-dealkylation sites (N-methyl/N-ethyl adjacent to an activating group) is 1. The van der Waals surface area contributed by atoms with Crippen molar-refractivity contribution in [3.05, 3.63) is 59.9 Å². The maximum Gasteiger partial charge on any atom is 0.310 e. The number of H-pyrrole nitrogens is 1. The average molecular weight is 494 g/mol. The Kier molecular flexibility index (Phi) is 8.03. The highest BCUT2D eigenvalue weighted by atomic mass is 19.1. The number of amides is 2. The van der Waals surface area contributed by atoms with Crippen molar-refractivity contribution in [2.24, 2.45) is 5.92 Å². The van der Waals surface area contributed by atoms with Crippen LogP contribution in [0.4, 0.5) is 4.39 Å². The number of rotatable bonds is 8. The van der Waals surface area contributed by atoms with Crippen LogP contribution in [-0.4, -0.2) is 65.9 Å². The summed E-state index contributed by atoms with van der Waals surface area (Å²) in [6.45, 7) is 2.96. The van der Waals surface area contributed by atoms with E-state index in [1.165, 1.54) is 17.0 Å². The van der Waals surface area contributed by atoms with Gasteiger partial charge in [-0.05, 0) is 67.6 Å². The van der Waals surface area contributed by atoms with E-state index in [0.717, 1.165) is 34.1 Å². The van der Waals surface area contributed by atoms with Gasteiger partial charge >= 0.3 is 5.97 Å². The van der Waals surface area contributed by atoms with E-state index in [0.29, 0.717) is 32.5 Å². The lowest BCUT2D eigenvalue weighted by Gasteiger charge is -2.32. The average Bonchev–Trinajstić information content (AvgIpc) is 3.26. The first-order valence-corrected chi connectivity index (χ1v) is 12.4. The van der Waals surface area contributed by atoms with Gasteiger partial charge in [0.25, 0.3) is 0 Å². The third kappa shape index (κ3) is 5.75.